The lowest BCUT2D eigenvalue weighted by atomic mass is 10.1. The summed E-state index contributed by atoms with van der Waals surface area (Å²) in [5.41, 5.74) is 1.74. The van der Waals surface area contributed by atoms with Gasteiger partial charge in [-0.3, -0.25) is 4.79 Å². The van der Waals surface area contributed by atoms with Gasteiger partial charge in [0.2, 0.25) is 5.91 Å². The van der Waals surface area contributed by atoms with Crippen LogP contribution in [0.4, 0.5) is 5.69 Å². The van der Waals surface area contributed by atoms with Crippen LogP contribution in [0.25, 0.3) is 0 Å². The number of hydrogen-bond acceptors (Lipinski definition) is 1. The molecule has 2 nitrogen and oxygen atoms in total. The van der Waals surface area contributed by atoms with E-state index in [9.17, 15) is 4.79 Å². The molecule has 1 rings (SSSR count). The van der Waals surface area contributed by atoms with E-state index in [1.54, 1.807) is 0 Å². The van der Waals surface area contributed by atoms with Gasteiger partial charge >= 0.3 is 0 Å². The van der Waals surface area contributed by atoms with E-state index in [0.717, 1.165) is 30.5 Å². The van der Waals surface area contributed by atoms with Gasteiger partial charge in [-0.1, -0.05) is 37.4 Å². The number of carbonyl (C=O) groups excluding carboxylic acids is 1. The fraction of sp³-hybridized carbons (Fsp3) is 0.462. The van der Waals surface area contributed by atoms with Crippen LogP contribution in [-0.4, -0.2) is 5.91 Å². The molecule has 16 heavy (non-hydrogen) atoms. The Morgan fingerprint density at radius 3 is 2.81 bits per heavy atom. The van der Waals surface area contributed by atoms with E-state index in [4.69, 9.17) is 11.6 Å². The average molecular weight is 240 g/mol. The van der Waals surface area contributed by atoms with Crippen molar-refractivity contribution in [1.82, 2.24) is 0 Å². The van der Waals surface area contributed by atoms with Crippen LogP contribution in [0, 0.1) is 6.92 Å². The monoisotopic (exact) mass is 239 g/mol. The first-order valence-electron chi connectivity index (χ1n) is 5.70. The van der Waals surface area contributed by atoms with Gasteiger partial charge < -0.3 is 5.32 Å². The first kappa shape index (κ1) is 13.0. The molecule has 0 saturated heterocycles. The topological polar surface area (TPSA) is 29.1 Å². The van der Waals surface area contributed by atoms with Crippen molar-refractivity contribution in [1.29, 1.82) is 0 Å². The van der Waals surface area contributed by atoms with Gasteiger partial charge in [-0.15, -0.1) is 0 Å². The van der Waals surface area contributed by atoms with Gasteiger partial charge in [0.25, 0.3) is 0 Å². The number of rotatable bonds is 5. The summed E-state index contributed by atoms with van der Waals surface area (Å²) >= 11 is 5.97. The number of carbonyl (C=O) groups is 1. The number of unbranched alkanes of at least 4 members (excludes halogenated alkanes) is 2. The van der Waals surface area contributed by atoms with Crippen LogP contribution in [0.15, 0.2) is 18.2 Å². The Kier molecular flexibility index (Phi) is 5.33. The summed E-state index contributed by atoms with van der Waals surface area (Å²) in [6, 6.07) is 5.54. The molecular weight excluding hydrogens is 222 g/mol. The number of benzene rings is 1. The van der Waals surface area contributed by atoms with E-state index in [1.807, 2.05) is 25.1 Å². The van der Waals surface area contributed by atoms with E-state index in [-0.39, 0.29) is 5.91 Å². The maximum absolute atomic E-state index is 11.6. The lowest BCUT2D eigenvalue weighted by Crippen LogP contribution is -2.12. The third-order valence-electron chi connectivity index (χ3n) is 2.55. The highest BCUT2D eigenvalue weighted by Crippen LogP contribution is 2.23. The molecule has 0 aliphatic carbocycles. The van der Waals surface area contributed by atoms with E-state index >= 15 is 0 Å². The molecule has 88 valence electrons. The first-order chi connectivity index (χ1) is 7.65. The summed E-state index contributed by atoms with van der Waals surface area (Å²) in [5, 5.41) is 3.57. The van der Waals surface area contributed by atoms with Crippen molar-refractivity contribution in [3.8, 4) is 0 Å². The van der Waals surface area contributed by atoms with Crippen LogP contribution in [0.2, 0.25) is 5.02 Å². The van der Waals surface area contributed by atoms with Crippen molar-refractivity contribution in [2.24, 2.45) is 0 Å². The third-order valence-corrected chi connectivity index (χ3v) is 2.96. The number of hydrogen-bond donors (Lipinski definition) is 1. The maximum Gasteiger partial charge on any atom is 0.224 e. The quantitative estimate of drug-likeness (QED) is 0.768. The minimum Gasteiger partial charge on any atom is -0.326 e. The first-order valence-corrected chi connectivity index (χ1v) is 6.08. The fourth-order valence-electron chi connectivity index (χ4n) is 1.49. The Morgan fingerprint density at radius 2 is 2.12 bits per heavy atom. The molecule has 0 fully saturated rings. The predicted molar refractivity (Wildman–Crippen MR) is 69.0 cm³/mol. The molecule has 1 aromatic rings. The van der Waals surface area contributed by atoms with Crippen LogP contribution in [0.5, 0.6) is 0 Å². The lowest BCUT2D eigenvalue weighted by Gasteiger charge is -2.09. The minimum atomic E-state index is 0.0683. The van der Waals surface area contributed by atoms with Crippen LogP contribution in [-0.2, 0) is 4.79 Å². The van der Waals surface area contributed by atoms with Gasteiger partial charge in [0.1, 0.15) is 0 Å². The zero-order chi connectivity index (χ0) is 12.0. The summed E-state index contributed by atoms with van der Waals surface area (Å²) in [5.74, 6) is 0.0683. The molecule has 0 saturated carbocycles. The van der Waals surface area contributed by atoms with Crippen LogP contribution >= 0.6 is 11.6 Å². The van der Waals surface area contributed by atoms with Crippen LogP contribution in [0.3, 0.4) is 0 Å². The molecule has 1 amide bonds. The van der Waals surface area contributed by atoms with E-state index in [0.29, 0.717) is 11.4 Å². The molecule has 0 radical (unpaired) electrons. The molecular formula is C13H18ClNO. The second-order valence-corrected chi connectivity index (χ2v) is 4.32. The van der Waals surface area contributed by atoms with Gasteiger partial charge in [0.05, 0.1) is 0 Å². The summed E-state index contributed by atoms with van der Waals surface area (Å²) < 4.78 is 0. The fourth-order valence-corrected chi connectivity index (χ4v) is 1.67. The molecule has 1 N–H and O–H groups in total. The molecule has 0 aromatic heterocycles. The highest BCUT2D eigenvalue weighted by molar-refractivity contribution is 6.31. The number of anilines is 1. The number of nitrogens with one attached hydrogen (secondary N) is 1. The second kappa shape index (κ2) is 6.54. The Morgan fingerprint density at radius 1 is 1.38 bits per heavy atom. The minimum absolute atomic E-state index is 0.0683. The Bertz CT molecular complexity index is 363. The van der Waals surface area contributed by atoms with E-state index in [2.05, 4.69) is 12.2 Å². The summed E-state index contributed by atoms with van der Waals surface area (Å²) in [7, 11) is 0. The third kappa shape index (κ3) is 3.86. The SMILES string of the molecule is CCCCCC(=O)Nc1cccc(Cl)c1C. The molecule has 0 spiro atoms. The van der Waals surface area contributed by atoms with E-state index < -0.39 is 0 Å². The van der Waals surface area contributed by atoms with Gasteiger partial charge in [-0.25, -0.2) is 0 Å². The lowest BCUT2D eigenvalue weighted by molar-refractivity contribution is -0.116. The number of halogens is 1. The molecule has 0 bridgehead atoms. The standard InChI is InChI=1S/C13H18ClNO/c1-3-4-5-9-13(16)15-12-8-6-7-11(14)10(12)2/h6-8H,3-5,9H2,1-2H3,(H,15,16). The molecule has 3 heteroatoms. The van der Waals surface area contributed by atoms with Crippen molar-refractivity contribution < 1.29 is 4.79 Å². The van der Waals surface area contributed by atoms with Gasteiger partial charge in [-0.2, -0.15) is 0 Å². The highest BCUT2D eigenvalue weighted by atomic mass is 35.5. The second-order valence-electron chi connectivity index (χ2n) is 3.92. The molecule has 1 aromatic carbocycles. The molecule has 0 heterocycles. The largest absolute Gasteiger partial charge is 0.326 e. The average Bonchev–Trinajstić information content (AvgIpc) is 2.25. The van der Waals surface area contributed by atoms with Crippen molar-refractivity contribution >= 4 is 23.2 Å². The maximum atomic E-state index is 11.6. The molecule has 0 aliphatic rings. The number of amides is 1. The summed E-state index contributed by atoms with van der Waals surface area (Å²) in [4.78, 5) is 11.6. The Labute approximate surface area is 102 Å². The Balaban J connectivity index is 2.53. The zero-order valence-electron chi connectivity index (χ0n) is 9.85. The van der Waals surface area contributed by atoms with Gasteiger partial charge in [0, 0.05) is 17.1 Å². The van der Waals surface area contributed by atoms with Gasteiger partial charge in [-0.05, 0) is 31.0 Å². The highest BCUT2D eigenvalue weighted by Gasteiger charge is 2.05. The van der Waals surface area contributed by atoms with Crippen molar-refractivity contribution in [2.45, 2.75) is 39.5 Å². The molecule has 0 unspecified atom stereocenters. The van der Waals surface area contributed by atoms with E-state index in [1.165, 1.54) is 0 Å². The Hall–Kier alpha value is -1.02. The smallest absolute Gasteiger partial charge is 0.224 e. The zero-order valence-corrected chi connectivity index (χ0v) is 10.6. The van der Waals surface area contributed by atoms with Crippen LogP contribution < -0.4 is 5.32 Å². The predicted octanol–water partition coefficient (Wildman–Crippen LogP) is 4.17. The van der Waals surface area contributed by atoms with Crippen molar-refractivity contribution in [2.75, 3.05) is 5.32 Å². The summed E-state index contributed by atoms with van der Waals surface area (Å²) in [6.07, 6.45) is 3.76. The van der Waals surface area contributed by atoms with Crippen LogP contribution in [0.1, 0.15) is 38.2 Å². The van der Waals surface area contributed by atoms with Crippen molar-refractivity contribution in [3.05, 3.63) is 28.8 Å². The van der Waals surface area contributed by atoms with Gasteiger partial charge in [0.15, 0.2) is 0 Å². The summed E-state index contributed by atoms with van der Waals surface area (Å²) in [6.45, 7) is 4.03. The molecule has 0 aliphatic heterocycles. The van der Waals surface area contributed by atoms with Crippen molar-refractivity contribution in [3.63, 3.8) is 0 Å². The molecule has 0 atom stereocenters. The normalized spacial score (nSPS) is 10.2.